The molecule has 4 rings (SSSR count). The highest BCUT2D eigenvalue weighted by atomic mass is 19.1. The molecule has 140 valence electrons. The molecule has 26 heavy (non-hydrogen) atoms. The molecule has 1 saturated carbocycles. The third-order valence-corrected chi connectivity index (χ3v) is 6.32. The summed E-state index contributed by atoms with van der Waals surface area (Å²) in [6.45, 7) is 0.876. The molecule has 0 unspecified atom stereocenters. The maximum atomic E-state index is 13.2. The Kier molecular flexibility index (Phi) is 4.59. The van der Waals surface area contributed by atoms with Gasteiger partial charge in [0.15, 0.2) is 0 Å². The molecule has 3 fully saturated rings. The number of amides is 2. The summed E-state index contributed by atoms with van der Waals surface area (Å²) in [7, 11) is 0. The van der Waals surface area contributed by atoms with Crippen LogP contribution in [0.25, 0.3) is 0 Å². The molecule has 1 N–H and O–H groups in total. The third-order valence-electron chi connectivity index (χ3n) is 6.32. The lowest BCUT2D eigenvalue weighted by Crippen LogP contribution is -2.54. The number of rotatable bonds is 2. The first kappa shape index (κ1) is 17.3. The zero-order valence-electron chi connectivity index (χ0n) is 14.9. The maximum absolute atomic E-state index is 13.2. The van der Waals surface area contributed by atoms with Gasteiger partial charge in [0.2, 0.25) is 5.91 Å². The van der Waals surface area contributed by atoms with Crippen molar-refractivity contribution in [1.29, 1.82) is 0 Å². The highest BCUT2D eigenvalue weighted by molar-refractivity contribution is 5.84. The van der Waals surface area contributed by atoms with Crippen molar-refractivity contribution in [2.75, 3.05) is 11.9 Å². The SMILES string of the molecule is O=C(Nc1cccc(F)c1)O[C@@H]1CC[C@@]23CCCN2C(=O)CCC[C@H]3C1. The van der Waals surface area contributed by atoms with E-state index in [4.69, 9.17) is 4.74 Å². The molecular weight excluding hydrogens is 335 g/mol. The molecule has 2 aliphatic heterocycles. The normalized spacial score (nSPS) is 31.0. The number of carbonyl (C=O) groups is 2. The molecule has 2 amide bonds. The highest BCUT2D eigenvalue weighted by Crippen LogP contribution is 2.49. The molecule has 2 saturated heterocycles. The van der Waals surface area contributed by atoms with Gasteiger partial charge in [-0.05, 0) is 69.1 Å². The largest absolute Gasteiger partial charge is 0.446 e. The smallest absolute Gasteiger partial charge is 0.411 e. The summed E-state index contributed by atoms with van der Waals surface area (Å²) in [6.07, 6.45) is 6.54. The van der Waals surface area contributed by atoms with Gasteiger partial charge in [0, 0.05) is 24.2 Å². The number of nitrogens with zero attached hydrogens (tertiary/aromatic N) is 1. The maximum Gasteiger partial charge on any atom is 0.411 e. The summed E-state index contributed by atoms with van der Waals surface area (Å²) in [5, 5.41) is 2.60. The first-order valence-corrected chi connectivity index (χ1v) is 9.60. The zero-order chi connectivity index (χ0) is 18.1. The standard InChI is InChI=1S/C20H25FN2O3/c21-15-5-2-6-16(13-15)22-19(25)26-17-8-10-20-9-3-11-23(20)18(24)7-1-4-14(20)12-17/h2,5-6,13-14,17H,1,3-4,7-12H2,(H,22,25)/t14-,17+,20+/m0/s1. The van der Waals surface area contributed by atoms with E-state index >= 15 is 0 Å². The number of anilines is 1. The van der Waals surface area contributed by atoms with Gasteiger partial charge < -0.3 is 9.64 Å². The Labute approximate surface area is 152 Å². The lowest BCUT2D eigenvalue weighted by atomic mass is 9.69. The van der Waals surface area contributed by atoms with E-state index in [9.17, 15) is 14.0 Å². The average Bonchev–Trinajstić information content (AvgIpc) is 2.97. The predicted molar refractivity (Wildman–Crippen MR) is 95.2 cm³/mol. The summed E-state index contributed by atoms with van der Waals surface area (Å²) < 4.78 is 18.9. The Morgan fingerprint density at radius 2 is 2.15 bits per heavy atom. The lowest BCUT2D eigenvalue weighted by Gasteiger charge is -2.48. The van der Waals surface area contributed by atoms with Crippen LogP contribution in [0.15, 0.2) is 24.3 Å². The minimum absolute atomic E-state index is 0.00746. The fourth-order valence-electron chi connectivity index (χ4n) is 5.22. The van der Waals surface area contributed by atoms with E-state index < -0.39 is 11.9 Å². The number of nitrogens with one attached hydrogen (secondary N) is 1. The van der Waals surface area contributed by atoms with Gasteiger partial charge in [-0.1, -0.05) is 6.07 Å². The van der Waals surface area contributed by atoms with Gasteiger partial charge in [0.25, 0.3) is 0 Å². The van der Waals surface area contributed by atoms with Gasteiger partial charge in [0.05, 0.1) is 0 Å². The van der Waals surface area contributed by atoms with Crippen LogP contribution in [0.2, 0.25) is 0 Å². The van der Waals surface area contributed by atoms with Crippen molar-refractivity contribution in [2.45, 2.75) is 63.0 Å². The molecule has 0 bridgehead atoms. The zero-order valence-corrected chi connectivity index (χ0v) is 14.9. The Bertz CT molecular complexity index is 710. The van der Waals surface area contributed by atoms with Crippen LogP contribution >= 0.6 is 0 Å². The van der Waals surface area contributed by atoms with E-state index in [1.54, 1.807) is 12.1 Å². The highest BCUT2D eigenvalue weighted by Gasteiger charge is 2.52. The van der Waals surface area contributed by atoms with E-state index in [0.29, 0.717) is 23.9 Å². The van der Waals surface area contributed by atoms with Crippen LogP contribution in [-0.4, -0.2) is 35.1 Å². The molecule has 1 aliphatic carbocycles. The summed E-state index contributed by atoms with van der Waals surface area (Å²) in [4.78, 5) is 26.7. The molecular formula is C20H25FN2O3. The Morgan fingerprint density at radius 3 is 3.00 bits per heavy atom. The van der Waals surface area contributed by atoms with E-state index in [0.717, 1.165) is 51.5 Å². The molecule has 1 spiro atoms. The van der Waals surface area contributed by atoms with Crippen LogP contribution in [-0.2, 0) is 9.53 Å². The number of hydrogen-bond donors (Lipinski definition) is 1. The van der Waals surface area contributed by atoms with Crippen LogP contribution in [0.4, 0.5) is 14.9 Å². The van der Waals surface area contributed by atoms with Gasteiger partial charge in [-0.25, -0.2) is 9.18 Å². The monoisotopic (exact) mass is 360 g/mol. The second-order valence-corrected chi connectivity index (χ2v) is 7.78. The van der Waals surface area contributed by atoms with Crippen molar-refractivity contribution in [1.82, 2.24) is 4.90 Å². The molecule has 6 heteroatoms. The van der Waals surface area contributed by atoms with Gasteiger partial charge in [-0.2, -0.15) is 0 Å². The Morgan fingerprint density at radius 1 is 1.27 bits per heavy atom. The topological polar surface area (TPSA) is 58.6 Å². The van der Waals surface area contributed by atoms with Crippen molar-refractivity contribution in [3.05, 3.63) is 30.1 Å². The Balaban J connectivity index is 1.40. The number of carbonyl (C=O) groups excluding carboxylic acids is 2. The van der Waals surface area contributed by atoms with Crippen LogP contribution in [0.1, 0.15) is 51.4 Å². The van der Waals surface area contributed by atoms with Crippen LogP contribution < -0.4 is 5.32 Å². The van der Waals surface area contributed by atoms with Crippen molar-refractivity contribution in [3.63, 3.8) is 0 Å². The second-order valence-electron chi connectivity index (χ2n) is 7.78. The minimum atomic E-state index is -0.537. The lowest BCUT2D eigenvalue weighted by molar-refractivity contribution is -0.138. The quantitative estimate of drug-likeness (QED) is 0.864. The number of benzene rings is 1. The third kappa shape index (κ3) is 3.17. The first-order valence-electron chi connectivity index (χ1n) is 9.60. The molecule has 2 heterocycles. The van der Waals surface area contributed by atoms with Crippen molar-refractivity contribution in [3.8, 4) is 0 Å². The van der Waals surface area contributed by atoms with Crippen molar-refractivity contribution < 1.29 is 18.7 Å². The molecule has 1 aromatic carbocycles. The molecule has 0 radical (unpaired) electrons. The molecule has 0 aromatic heterocycles. The number of halogens is 1. The van der Waals surface area contributed by atoms with E-state index in [2.05, 4.69) is 10.2 Å². The average molecular weight is 360 g/mol. The summed E-state index contributed by atoms with van der Waals surface area (Å²) in [5.41, 5.74) is 0.385. The summed E-state index contributed by atoms with van der Waals surface area (Å²) in [6, 6.07) is 5.78. The van der Waals surface area contributed by atoms with Gasteiger partial charge in [-0.15, -0.1) is 0 Å². The van der Waals surface area contributed by atoms with Crippen LogP contribution in [0.5, 0.6) is 0 Å². The fourth-order valence-corrected chi connectivity index (χ4v) is 5.22. The molecule has 3 atom stereocenters. The van der Waals surface area contributed by atoms with Crippen molar-refractivity contribution >= 4 is 17.7 Å². The van der Waals surface area contributed by atoms with Gasteiger partial charge in [-0.3, -0.25) is 10.1 Å². The second kappa shape index (κ2) is 6.89. The van der Waals surface area contributed by atoms with Crippen LogP contribution in [0, 0.1) is 11.7 Å². The van der Waals surface area contributed by atoms with E-state index in [-0.39, 0.29) is 11.6 Å². The minimum Gasteiger partial charge on any atom is -0.446 e. The van der Waals surface area contributed by atoms with Gasteiger partial charge in [0.1, 0.15) is 11.9 Å². The number of ether oxygens (including phenoxy) is 1. The molecule has 1 aromatic rings. The Hall–Kier alpha value is -2.11. The summed E-state index contributed by atoms with van der Waals surface area (Å²) in [5.74, 6) is 0.303. The first-order chi connectivity index (χ1) is 12.6. The van der Waals surface area contributed by atoms with Crippen LogP contribution in [0.3, 0.4) is 0 Å². The molecule has 3 aliphatic rings. The van der Waals surface area contributed by atoms with Crippen molar-refractivity contribution in [2.24, 2.45) is 5.92 Å². The summed E-state index contributed by atoms with van der Waals surface area (Å²) >= 11 is 0. The van der Waals surface area contributed by atoms with Gasteiger partial charge >= 0.3 is 6.09 Å². The number of hydrogen-bond acceptors (Lipinski definition) is 3. The fraction of sp³-hybridized carbons (Fsp3) is 0.600. The van der Waals surface area contributed by atoms with E-state index in [1.165, 1.54) is 12.1 Å². The van der Waals surface area contributed by atoms with E-state index in [1.807, 2.05) is 0 Å². The molecule has 5 nitrogen and oxygen atoms in total. The predicted octanol–water partition coefficient (Wildman–Crippen LogP) is 4.09.